The highest BCUT2D eigenvalue weighted by molar-refractivity contribution is 14.0. The van der Waals surface area contributed by atoms with Crippen LogP contribution in [0.15, 0.2) is 22.5 Å². The van der Waals surface area contributed by atoms with E-state index in [1.54, 1.807) is 0 Å². The Kier molecular flexibility index (Phi) is 11.7. The summed E-state index contributed by atoms with van der Waals surface area (Å²) in [5, 5.41) is 5.57. The monoisotopic (exact) mass is 465 g/mol. The van der Waals surface area contributed by atoms with Crippen LogP contribution in [0.2, 0.25) is 0 Å². The van der Waals surface area contributed by atoms with E-state index in [1.165, 1.54) is 37.0 Å². The molecule has 1 aliphatic rings. The summed E-state index contributed by atoms with van der Waals surface area (Å²) in [5.41, 5.74) is 0. The summed E-state index contributed by atoms with van der Waals surface area (Å²) in [5.74, 6) is 0.972. The van der Waals surface area contributed by atoms with Crippen molar-refractivity contribution in [1.82, 2.24) is 10.2 Å². The molecule has 0 unspecified atom stereocenters. The lowest BCUT2D eigenvalue weighted by molar-refractivity contribution is 0.0276. The molecule has 0 saturated heterocycles. The van der Waals surface area contributed by atoms with Gasteiger partial charge in [0.25, 0.3) is 0 Å². The molecule has 1 fully saturated rings. The van der Waals surface area contributed by atoms with Crippen LogP contribution >= 0.6 is 35.3 Å². The number of nitrogens with zero attached hydrogens (tertiary/aromatic N) is 2. The van der Waals surface area contributed by atoms with Gasteiger partial charge in [0.2, 0.25) is 0 Å². The topological polar surface area (TPSA) is 36.9 Å². The molecule has 0 atom stereocenters. The van der Waals surface area contributed by atoms with Crippen LogP contribution < -0.4 is 5.32 Å². The van der Waals surface area contributed by atoms with E-state index in [9.17, 15) is 0 Å². The first-order valence-electron chi connectivity index (χ1n) is 8.85. The van der Waals surface area contributed by atoms with Gasteiger partial charge in [-0.3, -0.25) is 4.99 Å². The Labute approximate surface area is 168 Å². The summed E-state index contributed by atoms with van der Waals surface area (Å²) in [6.45, 7) is 2.76. The van der Waals surface area contributed by atoms with Crippen molar-refractivity contribution < 1.29 is 4.74 Å². The number of hydrogen-bond acceptors (Lipinski definition) is 3. The normalized spacial score (nSPS) is 15.8. The summed E-state index contributed by atoms with van der Waals surface area (Å²) >= 11 is 1.82. The number of ether oxygens (including phenoxy) is 1. The van der Waals surface area contributed by atoms with E-state index < -0.39 is 0 Å². The lowest BCUT2D eigenvalue weighted by Gasteiger charge is -2.23. The van der Waals surface area contributed by atoms with Gasteiger partial charge >= 0.3 is 0 Å². The van der Waals surface area contributed by atoms with Crippen molar-refractivity contribution in [2.24, 2.45) is 4.99 Å². The highest BCUT2D eigenvalue weighted by atomic mass is 127. The molecular formula is C18H32IN3OS. The lowest BCUT2D eigenvalue weighted by atomic mass is 9.98. The summed E-state index contributed by atoms with van der Waals surface area (Å²) in [4.78, 5) is 7.99. The van der Waals surface area contributed by atoms with Crippen molar-refractivity contribution in [3.8, 4) is 0 Å². The summed E-state index contributed by atoms with van der Waals surface area (Å²) in [6.07, 6.45) is 9.18. The molecule has 24 heavy (non-hydrogen) atoms. The minimum Gasteiger partial charge on any atom is -0.378 e. The molecule has 6 heteroatoms. The van der Waals surface area contributed by atoms with Gasteiger partial charge in [-0.05, 0) is 37.1 Å². The predicted molar refractivity (Wildman–Crippen MR) is 115 cm³/mol. The molecule has 0 aliphatic heterocycles. The summed E-state index contributed by atoms with van der Waals surface area (Å²) in [6, 6.07) is 4.30. The van der Waals surface area contributed by atoms with Gasteiger partial charge in [0.05, 0.1) is 6.10 Å². The largest absolute Gasteiger partial charge is 0.378 e. The number of nitrogens with one attached hydrogen (secondary N) is 1. The van der Waals surface area contributed by atoms with Crippen LogP contribution in [0.1, 0.15) is 43.4 Å². The number of likely N-dealkylation sites (N-methyl/N-ethyl adjacent to an activating group) is 1. The maximum atomic E-state index is 5.96. The third-order valence-corrected chi connectivity index (χ3v) is 5.29. The van der Waals surface area contributed by atoms with Gasteiger partial charge in [-0.1, -0.05) is 25.3 Å². The Morgan fingerprint density at radius 2 is 2.17 bits per heavy atom. The fourth-order valence-corrected chi connectivity index (χ4v) is 3.68. The van der Waals surface area contributed by atoms with E-state index in [2.05, 4.69) is 39.8 Å². The summed E-state index contributed by atoms with van der Waals surface area (Å²) < 4.78 is 5.96. The zero-order chi connectivity index (χ0) is 16.3. The third kappa shape index (κ3) is 8.16. The number of guanidine groups is 1. The molecule has 1 aromatic rings. The minimum atomic E-state index is 0. The van der Waals surface area contributed by atoms with Gasteiger partial charge < -0.3 is 15.0 Å². The fraction of sp³-hybridized carbons (Fsp3) is 0.722. The van der Waals surface area contributed by atoms with Crippen molar-refractivity contribution in [2.75, 3.05) is 33.8 Å². The van der Waals surface area contributed by atoms with E-state index >= 15 is 0 Å². The van der Waals surface area contributed by atoms with Gasteiger partial charge in [0, 0.05) is 38.7 Å². The second kappa shape index (κ2) is 12.9. The van der Waals surface area contributed by atoms with Crippen LogP contribution in [0.3, 0.4) is 0 Å². The Bertz CT molecular complexity index is 447. The van der Waals surface area contributed by atoms with E-state index in [1.807, 2.05) is 18.4 Å². The third-order valence-electron chi connectivity index (χ3n) is 4.36. The zero-order valence-electron chi connectivity index (χ0n) is 15.0. The van der Waals surface area contributed by atoms with E-state index in [0.29, 0.717) is 6.10 Å². The predicted octanol–water partition coefficient (Wildman–Crippen LogP) is 4.16. The van der Waals surface area contributed by atoms with Crippen LogP contribution in [0.4, 0.5) is 0 Å². The first-order chi connectivity index (χ1) is 11.3. The molecule has 138 valence electrons. The average Bonchev–Trinajstić information content (AvgIpc) is 3.10. The van der Waals surface area contributed by atoms with Crippen LogP contribution in [0.25, 0.3) is 0 Å². The SMILES string of the molecule is CN=C(NCCCOC1CCCCC1)N(C)CCc1cccs1.I. The second-order valence-corrected chi connectivity index (χ2v) is 7.24. The van der Waals surface area contributed by atoms with Gasteiger partial charge in [-0.15, -0.1) is 35.3 Å². The van der Waals surface area contributed by atoms with E-state index in [0.717, 1.165) is 38.5 Å². The first-order valence-corrected chi connectivity index (χ1v) is 9.73. The first kappa shape index (κ1) is 21.7. The standard InChI is InChI=1S/C18H31N3OS.HI/c1-19-18(21(2)13-11-17-10-6-15-23-17)20-12-7-14-22-16-8-4-3-5-9-16;/h6,10,15-16H,3-5,7-9,11-14H2,1-2H3,(H,19,20);1H. The average molecular weight is 465 g/mol. The van der Waals surface area contributed by atoms with Crippen LogP contribution in [0, 0.1) is 0 Å². The maximum Gasteiger partial charge on any atom is 0.193 e. The number of halogens is 1. The molecule has 1 aromatic heterocycles. The van der Waals surface area contributed by atoms with Gasteiger partial charge in [0.1, 0.15) is 0 Å². The van der Waals surface area contributed by atoms with Crippen LogP contribution in [0.5, 0.6) is 0 Å². The highest BCUT2D eigenvalue weighted by Gasteiger charge is 2.13. The molecule has 1 saturated carbocycles. The molecule has 1 heterocycles. The van der Waals surface area contributed by atoms with Gasteiger partial charge in [-0.2, -0.15) is 0 Å². The van der Waals surface area contributed by atoms with Crippen molar-refractivity contribution in [3.05, 3.63) is 22.4 Å². The van der Waals surface area contributed by atoms with Crippen molar-refractivity contribution in [3.63, 3.8) is 0 Å². The molecule has 0 radical (unpaired) electrons. The van der Waals surface area contributed by atoms with Crippen molar-refractivity contribution in [2.45, 2.75) is 51.0 Å². The molecule has 0 amide bonds. The molecule has 4 nitrogen and oxygen atoms in total. The highest BCUT2D eigenvalue weighted by Crippen LogP contribution is 2.20. The fourth-order valence-electron chi connectivity index (χ4n) is 2.98. The molecular weight excluding hydrogens is 433 g/mol. The quantitative estimate of drug-likeness (QED) is 0.271. The zero-order valence-corrected chi connectivity index (χ0v) is 18.1. The van der Waals surface area contributed by atoms with Crippen LogP contribution in [-0.2, 0) is 11.2 Å². The number of rotatable bonds is 8. The van der Waals surface area contributed by atoms with Gasteiger partial charge in [0.15, 0.2) is 5.96 Å². The Morgan fingerprint density at radius 1 is 1.38 bits per heavy atom. The minimum absolute atomic E-state index is 0. The Morgan fingerprint density at radius 3 is 2.83 bits per heavy atom. The van der Waals surface area contributed by atoms with Crippen molar-refractivity contribution in [1.29, 1.82) is 0 Å². The Balaban J connectivity index is 0.00000288. The summed E-state index contributed by atoms with van der Waals surface area (Å²) in [7, 11) is 3.95. The lowest BCUT2D eigenvalue weighted by Crippen LogP contribution is -2.40. The van der Waals surface area contributed by atoms with Crippen LogP contribution in [-0.4, -0.2) is 50.8 Å². The molecule has 0 aromatic carbocycles. The number of thiophene rings is 1. The molecule has 2 rings (SSSR count). The number of aliphatic imine (C=N–C) groups is 1. The second-order valence-electron chi connectivity index (χ2n) is 6.21. The molecule has 0 spiro atoms. The maximum absolute atomic E-state index is 5.96. The van der Waals surface area contributed by atoms with Crippen molar-refractivity contribution >= 4 is 41.3 Å². The molecule has 0 bridgehead atoms. The van der Waals surface area contributed by atoms with E-state index in [-0.39, 0.29) is 24.0 Å². The molecule has 1 N–H and O–H groups in total. The Hall–Kier alpha value is -0.340. The van der Waals surface area contributed by atoms with Gasteiger partial charge in [-0.25, -0.2) is 0 Å². The van der Waals surface area contributed by atoms with E-state index in [4.69, 9.17) is 4.74 Å². The number of hydrogen-bond donors (Lipinski definition) is 1. The smallest absolute Gasteiger partial charge is 0.193 e. The molecule has 1 aliphatic carbocycles.